The summed E-state index contributed by atoms with van der Waals surface area (Å²) in [7, 11) is 0. The second kappa shape index (κ2) is 7.84. The molecule has 0 atom stereocenters. The van der Waals surface area contributed by atoms with Crippen LogP contribution in [0.25, 0.3) is 0 Å². The third-order valence-electron chi connectivity index (χ3n) is 3.09. The Morgan fingerprint density at radius 1 is 1.31 bits per heavy atom. The Bertz CT molecular complexity index is 787. The lowest BCUT2D eigenvalue weighted by atomic mass is 10.1. The number of carbonyl (C=O) groups is 1. The molecule has 0 fully saturated rings. The zero-order chi connectivity index (χ0) is 19.5. The number of alkyl carbamates (subject to hydrolysis) is 1. The SMILES string of the molecule is CC(C)(C)OC(=O)NC(C)(C)c1noc(COc2ccc(Br)cc2Cl)n1. The molecule has 7 nitrogen and oxygen atoms in total. The number of hydrogen-bond acceptors (Lipinski definition) is 6. The maximum atomic E-state index is 12.0. The van der Waals surface area contributed by atoms with E-state index in [9.17, 15) is 4.79 Å². The minimum atomic E-state index is -0.876. The Hall–Kier alpha value is -1.80. The number of nitrogens with zero attached hydrogens (tertiary/aromatic N) is 2. The van der Waals surface area contributed by atoms with Crippen molar-refractivity contribution in [2.24, 2.45) is 0 Å². The number of nitrogens with one attached hydrogen (secondary N) is 1. The third-order valence-corrected chi connectivity index (χ3v) is 3.87. The fraction of sp³-hybridized carbons (Fsp3) is 0.471. The summed E-state index contributed by atoms with van der Waals surface area (Å²) < 4.78 is 16.9. The van der Waals surface area contributed by atoms with Gasteiger partial charge in [-0.1, -0.05) is 32.7 Å². The fourth-order valence-electron chi connectivity index (χ4n) is 1.91. The summed E-state index contributed by atoms with van der Waals surface area (Å²) in [5.74, 6) is 1.07. The second-order valence-electron chi connectivity index (χ2n) is 7.13. The minimum Gasteiger partial charge on any atom is -0.482 e. The molecule has 1 heterocycles. The van der Waals surface area contributed by atoms with Gasteiger partial charge in [0.2, 0.25) is 0 Å². The lowest BCUT2D eigenvalue weighted by Crippen LogP contribution is -2.44. The van der Waals surface area contributed by atoms with E-state index >= 15 is 0 Å². The van der Waals surface area contributed by atoms with Crippen molar-refractivity contribution in [1.82, 2.24) is 15.5 Å². The molecule has 142 valence electrons. The maximum Gasteiger partial charge on any atom is 0.408 e. The molecular weight excluding hydrogens is 426 g/mol. The first-order valence-corrected chi connectivity index (χ1v) is 9.05. The van der Waals surface area contributed by atoms with Gasteiger partial charge in [-0.05, 0) is 52.8 Å². The van der Waals surface area contributed by atoms with Crippen molar-refractivity contribution >= 4 is 33.6 Å². The Kier molecular flexibility index (Phi) is 6.18. The molecule has 0 spiro atoms. The van der Waals surface area contributed by atoms with Crippen LogP contribution < -0.4 is 10.1 Å². The molecule has 9 heteroatoms. The lowest BCUT2D eigenvalue weighted by Gasteiger charge is -2.26. The Morgan fingerprint density at radius 2 is 2.00 bits per heavy atom. The molecule has 0 saturated heterocycles. The van der Waals surface area contributed by atoms with Gasteiger partial charge in [-0.25, -0.2) is 4.79 Å². The molecule has 2 aromatic rings. The molecular formula is C17H21BrClN3O4. The van der Waals surface area contributed by atoms with E-state index in [4.69, 9.17) is 25.6 Å². The quantitative estimate of drug-likeness (QED) is 0.708. The first-order chi connectivity index (χ1) is 12.0. The molecule has 2 rings (SSSR count). The van der Waals surface area contributed by atoms with Gasteiger partial charge >= 0.3 is 6.09 Å². The standard InChI is InChI=1S/C17H21BrClN3O4/c1-16(2,3)25-15(23)21-17(4,5)14-20-13(26-22-14)9-24-12-7-6-10(18)8-11(12)19/h6-8H,9H2,1-5H3,(H,21,23). The van der Waals surface area contributed by atoms with Gasteiger partial charge in [-0.15, -0.1) is 0 Å². The van der Waals surface area contributed by atoms with Crippen LogP contribution in [0.3, 0.4) is 0 Å². The largest absolute Gasteiger partial charge is 0.482 e. The molecule has 0 bridgehead atoms. The molecule has 0 unspecified atom stereocenters. The Balaban J connectivity index is 2.00. The van der Waals surface area contributed by atoms with Crippen LogP contribution in [0.2, 0.25) is 5.02 Å². The molecule has 1 aromatic heterocycles. The van der Waals surface area contributed by atoms with Crippen molar-refractivity contribution in [2.45, 2.75) is 52.4 Å². The normalized spacial score (nSPS) is 12.0. The first kappa shape index (κ1) is 20.5. The predicted octanol–water partition coefficient (Wildman–Crippen LogP) is 4.82. The summed E-state index contributed by atoms with van der Waals surface area (Å²) >= 11 is 9.43. The highest BCUT2D eigenvalue weighted by atomic mass is 79.9. The van der Waals surface area contributed by atoms with E-state index in [2.05, 4.69) is 31.4 Å². The van der Waals surface area contributed by atoms with Crippen molar-refractivity contribution in [3.8, 4) is 5.75 Å². The zero-order valence-electron chi connectivity index (χ0n) is 15.2. The van der Waals surface area contributed by atoms with E-state index in [1.807, 2.05) is 6.07 Å². The van der Waals surface area contributed by atoms with Gasteiger partial charge in [0.25, 0.3) is 5.89 Å². The average molecular weight is 447 g/mol. The van der Waals surface area contributed by atoms with Crippen molar-refractivity contribution in [2.75, 3.05) is 0 Å². The van der Waals surface area contributed by atoms with Crippen LogP contribution in [-0.2, 0) is 16.9 Å². The molecule has 0 aliphatic carbocycles. The van der Waals surface area contributed by atoms with Crippen LogP contribution >= 0.6 is 27.5 Å². The van der Waals surface area contributed by atoms with Gasteiger partial charge in [0.05, 0.1) is 5.02 Å². The van der Waals surface area contributed by atoms with Gasteiger partial charge in [-0.3, -0.25) is 0 Å². The minimum absolute atomic E-state index is 0.0525. The summed E-state index contributed by atoms with van der Waals surface area (Å²) in [6.07, 6.45) is -0.563. The van der Waals surface area contributed by atoms with Crippen LogP contribution in [0.1, 0.15) is 46.3 Å². The van der Waals surface area contributed by atoms with E-state index in [1.165, 1.54) is 0 Å². The number of aromatic nitrogens is 2. The van der Waals surface area contributed by atoms with E-state index in [0.717, 1.165) is 4.47 Å². The maximum absolute atomic E-state index is 12.0. The Labute approximate surface area is 165 Å². The summed E-state index contributed by atoms with van der Waals surface area (Å²) in [5.41, 5.74) is -1.47. The molecule has 1 amide bonds. The fourth-order valence-corrected chi connectivity index (χ4v) is 2.64. The molecule has 1 N–H and O–H groups in total. The monoisotopic (exact) mass is 445 g/mol. The molecule has 1 aromatic carbocycles. The summed E-state index contributed by atoms with van der Waals surface area (Å²) in [6, 6.07) is 5.27. The van der Waals surface area contributed by atoms with E-state index in [1.54, 1.807) is 46.8 Å². The van der Waals surface area contributed by atoms with Crippen molar-refractivity contribution in [3.05, 3.63) is 39.4 Å². The number of rotatable bonds is 5. The van der Waals surface area contributed by atoms with Gasteiger partial charge in [0.15, 0.2) is 12.4 Å². The van der Waals surface area contributed by atoms with Crippen LogP contribution in [0, 0.1) is 0 Å². The van der Waals surface area contributed by atoms with Crippen LogP contribution in [0.15, 0.2) is 27.2 Å². The van der Waals surface area contributed by atoms with E-state index in [0.29, 0.717) is 16.6 Å². The van der Waals surface area contributed by atoms with Crippen molar-refractivity contribution in [1.29, 1.82) is 0 Å². The molecule has 0 aliphatic rings. The molecule has 26 heavy (non-hydrogen) atoms. The number of hydrogen-bond donors (Lipinski definition) is 1. The zero-order valence-corrected chi connectivity index (χ0v) is 17.6. The average Bonchev–Trinajstić information content (AvgIpc) is 2.93. The number of halogens is 2. The lowest BCUT2D eigenvalue weighted by molar-refractivity contribution is 0.0465. The highest BCUT2D eigenvalue weighted by molar-refractivity contribution is 9.10. The first-order valence-electron chi connectivity index (χ1n) is 7.88. The Morgan fingerprint density at radius 3 is 2.62 bits per heavy atom. The number of ether oxygens (including phenoxy) is 2. The van der Waals surface area contributed by atoms with Gasteiger partial charge < -0.3 is 19.3 Å². The highest BCUT2D eigenvalue weighted by Crippen LogP contribution is 2.28. The second-order valence-corrected chi connectivity index (χ2v) is 8.45. The van der Waals surface area contributed by atoms with Gasteiger partial charge in [-0.2, -0.15) is 4.98 Å². The topological polar surface area (TPSA) is 86.5 Å². The van der Waals surface area contributed by atoms with E-state index in [-0.39, 0.29) is 12.5 Å². The number of benzene rings is 1. The van der Waals surface area contributed by atoms with Crippen molar-refractivity contribution in [3.63, 3.8) is 0 Å². The summed E-state index contributed by atoms with van der Waals surface area (Å²) in [4.78, 5) is 16.2. The van der Waals surface area contributed by atoms with Crippen LogP contribution in [-0.4, -0.2) is 21.8 Å². The van der Waals surface area contributed by atoms with Crippen molar-refractivity contribution < 1.29 is 18.8 Å². The van der Waals surface area contributed by atoms with E-state index < -0.39 is 17.2 Å². The van der Waals surface area contributed by atoms with Crippen LogP contribution in [0.4, 0.5) is 4.79 Å². The molecule has 0 saturated carbocycles. The summed E-state index contributed by atoms with van der Waals surface area (Å²) in [6.45, 7) is 8.91. The number of amides is 1. The van der Waals surface area contributed by atoms with Gasteiger partial charge in [0.1, 0.15) is 16.9 Å². The third kappa shape index (κ3) is 5.88. The highest BCUT2D eigenvalue weighted by Gasteiger charge is 2.31. The van der Waals surface area contributed by atoms with Gasteiger partial charge in [0, 0.05) is 4.47 Å². The predicted molar refractivity (Wildman–Crippen MR) is 100 cm³/mol. The molecule has 0 radical (unpaired) electrons. The molecule has 0 aliphatic heterocycles. The van der Waals surface area contributed by atoms with Crippen LogP contribution in [0.5, 0.6) is 5.75 Å². The smallest absolute Gasteiger partial charge is 0.408 e. The number of carbonyl (C=O) groups excluding carboxylic acids is 1. The summed E-state index contributed by atoms with van der Waals surface area (Å²) in [5, 5.41) is 7.09.